The molecule has 110 valence electrons. The smallest absolute Gasteiger partial charge is 0.234 e. The Morgan fingerprint density at radius 1 is 1.35 bits per heavy atom. The van der Waals surface area contributed by atoms with Crippen molar-refractivity contribution in [3.05, 3.63) is 24.5 Å². The number of pyridine rings is 1. The number of nitrogens with two attached hydrogens (primary N) is 1. The van der Waals surface area contributed by atoms with Gasteiger partial charge < -0.3 is 10.6 Å². The lowest BCUT2D eigenvalue weighted by Gasteiger charge is -2.33. The third-order valence-electron chi connectivity index (χ3n) is 3.20. The topological polar surface area (TPSA) is 105 Å². The molecular formula is C12H18N4O3S. The number of primary amides is 1. The van der Waals surface area contributed by atoms with E-state index in [0.717, 1.165) is 18.8 Å². The molecule has 1 aromatic rings. The number of aromatic nitrogens is 1. The zero-order valence-corrected chi connectivity index (χ0v) is 11.8. The first-order valence-corrected chi connectivity index (χ1v) is 8.05. The molecule has 0 aliphatic carbocycles. The van der Waals surface area contributed by atoms with E-state index in [1.165, 1.54) is 0 Å². The van der Waals surface area contributed by atoms with Gasteiger partial charge in [0, 0.05) is 37.2 Å². The maximum Gasteiger partial charge on any atom is 0.234 e. The number of anilines is 1. The first kappa shape index (κ1) is 14.7. The van der Waals surface area contributed by atoms with Crippen LogP contribution in [0, 0.1) is 0 Å². The highest BCUT2D eigenvalue weighted by atomic mass is 32.2. The van der Waals surface area contributed by atoms with Gasteiger partial charge >= 0.3 is 0 Å². The highest BCUT2D eigenvalue weighted by Crippen LogP contribution is 2.19. The van der Waals surface area contributed by atoms with Crippen LogP contribution in [0.1, 0.15) is 12.8 Å². The van der Waals surface area contributed by atoms with E-state index in [2.05, 4.69) is 14.6 Å². The number of sulfonamides is 1. The molecule has 2 rings (SSSR count). The van der Waals surface area contributed by atoms with Gasteiger partial charge in [0.2, 0.25) is 15.9 Å². The molecule has 0 atom stereocenters. The summed E-state index contributed by atoms with van der Waals surface area (Å²) in [6.07, 6.45) is 4.86. The van der Waals surface area contributed by atoms with Crippen molar-refractivity contribution in [2.24, 2.45) is 5.73 Å². The second kappa shape index (κ2) is 6.19. The molecule has 0 radical (unpaired) electrons. The van der Waals surface area contributed by atoms with Gasteiger partial charge in [0.25, 0.3) is 0 Å². The summed E-state index contributed by atoms with van der Waals surface area (Å²) in [7, 11) is -3.62. The summed E-state index contributed by atoms with van der Waals surface area (Å²) >= 11 is 0. The number of carbonyl (C=O) groups excluding carboxylic acids is 1. The lowest BCUT2D eigenvalue weighted by molar-refractivity contribution is -0.115. The Balaban J connectivity index is 1.87. The predicted molar refractivity (Wildman–Crippen MR) is 75.6 cm³/mol. The Kier molecular flexibility index (Phi) is 4.56. The monoisotopic (exact) mass is 298 g/mol. The zero-order valence-electron chi connectivity index (χ0n) is 11.0. The van der Waals surface area contributed by atoms with Crippen LogP contribution in [0.2, 0.25) is 0 Å². The standard InChI is InChI=1S/C12H18N4O3S/c13-12(17)9-20(18,19)15-10-3-7-16(8-4-10)11-1-5-14-6-2-11/h1-2,5-6,10,15H,3-4,7-9H2,(H2,13,17). The second-order valence-corrected chi connectivity index (χ2v) is 6.56. The molecule has 7 nitrogen and oxygen atoms in total. The minimum absolute atomic E-state index is 0.141. The fraction of sp³-hybridized carbons (Fsp3) is 0.500. The molecule has 8 heteroatoms. The minimum atomic E-state index is -3.62. The molecule has 1 aromatic heterocycles. The number of hydrogen-bond donors (Lipinski definition) is 2. The summed E-state index contributed by atoms with van der Waals surface area (Å²) in [5.41, 5.74) is 5.99. The molecule has 0 unspecified atom stereocenters. The second-order valence-electron chi connectivity index (χ2n) is 4.81. The molecular weight excluding hydrogens is 280 g/mol. The molecule has 1 aliphatic rings. The Labute approximate surface area is 118 Å². The van der Waals surface area contributed by atoms with Gasteiger partial charge in [-0.2, -0.15) is 0 Å². The van der Waals surface area contributed by atoms with Gasteiger partial charge in [-0.05, 0) is 25.0 Å². The van der Waals surface area contributed by atoms with Crippen LogP contribution in [0.3, 0.4) is 0 Å². The SMILES string of the molecule is NC(=O)CS(=O)(=O)NC1CCN(c2ccncc2)CC1. The summed E-state index contributed by atoms with van der Waals surface area (Å²) in [6.45, 7) is 1.52. The van der Waals surface area contributed by atoms with E-state index < -0.39 is 21.7 Å². The highest BCUT2D eigenvalue weighted by molar-refractivity contribution is 7.90. The fourth-order valence-electron chi connectivity index (χ4n) is 2.29. The molecule has 1 aliphatic heterocycles. The Bertz CT molecular complexity index is 553. The maximum absolute atomic E-state index is 11.6. The molecule has 20 heavy (non-hydrogen) atoms. The Hall–Kier alpha value is -1.67. The van der Waals surface area contributed by atoms with E-state index in [9.17, 15) is 13.2 Å². The number of nitrogens with one attached hydrogen (secondary N) is 1. The lowest BCUT2D eigenvalue weighted by atomic mass is 10.1. The van der Waals surface area contributed by atoms with E-state index in [4.69, 9.17) is 5.73 Å². The molecule has 0 saturated carbocycles. The van der Waals surface area contributed by atoms with Crippen LogP contribution in [0.4, 0.5) is 5.69 Å². The van der Waals surface area contributed by atoms with E-state index in [0.29, 0.717) is 12.8 Å². The average Bonchev–Trinajstić information content (AvgIpc) is 2.38. The third kappa shape index (κ3) is 4.17. The van der Waals surface area contributed by atoms with Crippen molar-refractivity contribution in [2.45, 2.75) is 18.9 Å². The van der Waals surface area contributed by atoms with Crippen molar-refractivity contribution < 1.29 is 13.2 Å². The van der Waals surface area contributed by atoms with Crippen molar-refractivity contribution in [2.75, 3.05) is 23.7 Å². The van der Waals surface area contributed by atoms with Crippen LogP contribution in [0.25, 0.3) is 0 Å². The van der Waals surface area contributed by atoms with Crippen LogP contribution in [-0.2, 0) is 14.8 Å². The van der Waals surface area contributed by atoms with Crippen molar-refractivity contribution in [1.82, 2.24) is 9.71 Å². The fourth-order valence-corrected chi connectivity index (χ4v) is 3.49. The number of hydrogen-bond acceptors (Lipinski definition) is 5. The van der Waals surface area contributed by atoms with Crippen LogP contribution < -0.4 is 15.4 Å². The van der Waals surface area contributed by atoms with E-state index in [1.807, 2.05) is 12.1 Å². The van der Waals surface area contributed by atoms with Gasteiger partial charge in [0.05, 0.1) is 0 Å². The summed E-state index contributed by atoms with van der Waals surface area (Å²) in [5, 5.41) is 0. The minimum Gasteiger partial charge on any atom is -0.371 e. The first-order chi connectivity index (χ1) is 9.46. The van der Waals surface area contributed by atoms with Crippen LogP contribution in [-0.4, -0.2) is 44.2 Å². The molecule has 0 spiro atoms. The number of piperidine rings is 1. The number of nitrogens with zero attached hydrogens (tertiary/aromatic N) is 2. The van der Waals surface area contributed by atoms with Gasteiger partial charge in [0.15, 0.2) is 0 Å². The van der Waals surface area contributed by atoms with E-state index in [-0.39, 0.29) is 6.04 Å². The summed E-state index contributed by atoms with van der Waals surface area (Å²) in [6, 6.07) is 3.72. The Morgan fingerprint density at radius 3 is 2.50 bits per heavy atom. The molecule has 3 N–H and O–H groups in total. The highest BCUT2D eigenvalue weighted by Gasteiger charge is 2.24. The average molecular weight is 298 g/mol. The maximum atomic E-state index is 11.6. The molecule has 1 amide bonds. The number of rotatable bonds is 5. The van der Waals surface area contributed by atoms with Crippen LogP contribution in [0.5, 0.6) is 0 Å². The Morgan fingerprint density at radius 2 is 1.95 bits per heavy atom. The van der Waals surface area contributed by atoms with Crippen molar-refractivity contribution in [1.29, 1.82) is 0 Å². The van der Waals surface area contributed by atoms with Gasteiger partial charge in [-0.3, -0.25) is 9.78 Å². The van der Waals surface area contributed by atoms with Crippen molar-refractivity contribution in [3.63, 3.8) is 0 Å². The quantitative estimate of drug-likeness (QED) is 0.759. The van der Waals surface area contributed by atoms with Crippen LogP contribution in [0.15, 0.2) is 24.5 Å². The third-order valence-corrected chi connectivity index (χ3v) is 4.56. The molecule has 0 bridgehead atoms. The number of amides is 1. The largest absolute Gasteiger partial charge is 0.371 e. The molecule has 1 saturated heterocycles. The zero-order chi connectivity index (χ0) is 14.6. The molecule has 2 heterocycles. The lowest BCUT2D eigenvalue weighted by Crippen LogP contribution is -2.46. The molecule has 1 fully saturated rings. The first-order valence-electron chi connectivity index (χ1n) is 6.39. The summed E-state index contributed by atoms with van der Waals surface area (Å²) in [4.78, 5) is 16.8. The van der Waals surface area contributed by atoms with Crippen molar-refractivity contribution in [3.8, 4) is 0 Å². The summed E-state index contributed by atoms with van der Waals surface area (Å²) < 4.78 is 25.8. The number of carbonyl (C=O) groups is 1. The van der Waals surface area contributed by atoms with E-state index in [1.54, 1.807) is 12.4 Å². The van der Waals surface area contributed by atoms with E-state index >= 15 is 0 Å². The van der Waals surface area contributed by atoms with Gasteiger partial charge in [-0.25, -0.2) is 13.1 Å². The van der Waals surface area contributed by atoms with Crippen LogP contribution >= 0.6 is 0 Å². The predicted octanol–water partition coefficient (Wildman–Crippen LogP) is -0.545. The van der Waals surface area contributed by atoms with Gasteiger partial charge in [-0.1, -0.05) is 0 Å². The van der Waals surface area contributed by atoms with Crippen molar-refractivity contribution >= 4 is 21.6 Å². The van der Waals surface area contributed by atoms with Gasteiger partial charge in [-0.15, -0.1) is 0 Å². The molecule has 0 aromatic carbocycles. The summed E-state index contributed by atoms with van der Waals surface area (Å²) in [5.74, 6) is -1.50. The normalized spacial score (nSPS) is 17.1. The van der Waals surface area contributed by atoms with Gasteiger partial charge in [0.1, 0.15) is 5.75 Å².